The van der Waals surface area contributed by atoms with E-state index in [9.17, 15) is 9.90 Å². The van der Waals surface area contributed by atoms with Crippen LogP contribution in [0.4, 0.5) is 0 Å². The zero-order chi connectivity index (χ0) is 19.4. The van der Waals surface area contributed by atoms with Gasteiger partial charge >= 0.3 is 5.97 Å². The molecule has 1 aliphatic heterocycles. The summed E-state index contributed by atoms with van der Waals surface area (Å²) < 4.78 is 11.2. The first kappa shape index (κ1) is 19.2. The largest absolute Gasteiger partial charge is 0.493 e. The molecule has 0 amide bonds. The van der Waals surface area contributed by atoms with Crippen LogP contribution in [0.3, 0.4) is 0 Å². The normalized spacial score (nSPS) is 18.7. The lowest BCUT2D eigenvalue weighted by atomic mass is 9.89. The zero-order valence-electron chi connectivity index (χ0n) is 16.1. The number of aryl methyl sites for hydroxylation is 1. The van der Waals surface area contributed by atoms with E-state index >= 15 is 0 Å². The number of nitrogens with zero attached hydrogens (tertiary/aromatic N) is 1. The highest BCUT2D eigenvalue weighted by Gasteiger charge is 2.37. The van der Waals surface area contributed by atoms with E-state index in [-0.39, 0.29) is 6.04 Å². The fourth-order valence-corrected chi connectivity index (χ4v) is 4.07. The number of ether oxygens (including phenoxy) is 2. The number of benzene rings is 2. The minimum absolute atomic E-state index is 0.211. The summed E-state index contributed by atoms with van der Waals surface area (Å²) in [6, 6.07) is 13.2. The maximum absolute atomic E-state index is 12.0. The minimum atomic E-state index is -0.768. The van der Waals surface area contributed by atoms with Crippen molar-refractivity contribution in [3.8, 4) is 11.5 Å². The van der Waals surface area contributed by atoms with Crippen molar-refractivity contribution >= 4 is 5.97 Å². The molecule has 5 nitrogen and oxygen atoms in total. The van der Waals surface area contributed by atoms with Crippen LogP contribution in [0.25, 0.3) is 0 Å². The smallest absolute Gasteiger partial charge is 0.320 e. The third-order valence-corrected chi connectivity index (χ3v) is 5.37. The number of carboxylic acids is 1. The maximum atomic E-state index is 12.0. The molecule has 5 heteroatoms. The third kappa shape index (κ3) is 3.78. The van der Waals surface area contributed by atoms with Crippen LogP contribution in [-0.4, -0.2) is 42.8 Å². The van der Waals surface area contributed by atoms with Crippen molar-refractivity contribution in [3.63, 3.8) is 0 Å². The Morgan fingerprint density at radius 2 is 1.81 bits per heavy atom. The first-order valence-electron chi connectivity index (χ1n) is 9.33. The molecule has 1 fully saturated rings. The summed E-state index contributed by atoms with van der Waals surface area (Å²) in [6.07, 6.45) is 2.58. The number of methoxy groups -OCH3 is 2. The number of aliphatic carboxylic acids is 1. The molecule has 0 aromatic heterocycles. The lowest BCUT2D eigenvalue weighted by Crippen LogP contribution is -2.47. The average Bonchev–Trinajstić information content (AvgIpc) is 2.69. The summed E-state index contributed by atoms with van der Waals surface area (Å²) >= 11 is 0. The summed E-state index contributed by atoms with van der Waals surface area (Å²) in [4.78, 5) is 14.1. The minimum Gasteiger partial charge on any atom is -0.493 e. The molecule has 2 unspecified atom stereocenters. The zero-order valence-corrected chi connectivity index (χ0v) is 16.1. The molecule has 0 radical (unpaired) electrons. The predicted octanol–water partition coefficient (Wildman–Crippen LogP) is 4.04. The quantitative estimate of drug-likeness (QED) is 0.833. The average molecular weight is 369 g/mol. The number of para-hydroxylation sites is 1. The number of hydrogen-bond donors (Lipinski definition) is 1. The molecule has 1 aliphatic rings. The highest BCUT2D eigenvalue weighted by Crippen LogP contribution is 2.43. The van der Waals surface area contributed by atoms with Crippen molar-refractivity contribution in [1.29, 1.82) is 0 Å². The molecule has 1 heterocycles. The topological polar surface area (TPSA) is 59.0 Å². The van der Waals surface area contributed by atoms with Gasteiger partial charge in [0.1, 0.15) is 6.04 Å². The van der Waals surface area contributed by atoms with E-state index < -0.39 is 12.0 Å². The van der Waals surface area contributed by atoms with Crippen molar-refractivity contribution in [2.24, 2.45) is 0 Å². The molecular weight excluding hydrogens is 342 g/mol. The van der Waals surface area contributed by atoms with Crippen LogP contribution in [0.2, 0.25) is 0 Å². The van der Waals surface area contributed by atoms with E-state index in [2.05, 4.69) is 24.0 Å². The lowest BCUT2D eigenvalue weighted by molar-refractivity contribution is -0.145. The van der Waals surface area contributed by atoms with Gasteiger partial charge in [0.05, 0.1) is 20.3 Å². The summed E-state index contributed by atoms with van der Waals surface area (Å²) in [7, 11) is 3.24. The summed E-state index contributed by atoms with van der Waals surface area (Å²) in [5.74, 6) is 0.538. The Bertz CT molecular complexity index is 805. The number of carboxylic acid groups (broad SMARTS) is 1. The van der Waals surface area contributed by atoms with Gasteiger partial charge in [-0.3, -0.25) is 9.69 Å². The highest BCUT2D eigenvalue weighted by atomic mass is 16.5. The Kier molecular flexibility index (Phi) is 6.01. The summed E-state index contributed by atoms with van der Waals surface area (Å²) in [5, 5.41) is 9.85. The van der Waals surface area contributed by atoms with Crippen molar-refractivity contribution < 1.29 is 19.4 Å². The third-order valence-electron chi connectivity index (χ3n) is 5.37. The van der Waals surface area contributed by atoms with Gasteiger partial charge in [-0.1, -0.05) is 42.8 Å². The van der Waals surface area contributed by atoms with Gasteiger partial charge in [0.25, 0.3) is 0 Å². The monoisotopic (exact) mass is 369 g/mol. The molecule has 3 rings (SSSR count). The Morgan fingerprint density at radius 3 is 2.48 bits per heavy atom. The van der Waals surface area contributed by atoms with Crippen molar-refractivity contribution in [2.75, 3.05) is 20.8 Å². The fourth-order valence-electron chi connectivity index (χ4n) is 4.07. The molecule has 1 saturated heterocycles. The van der Waals surface area contributed by atoms with E-state index in [1.165, 1.54) is 0 Å². The van der Waals surface area contributed by atoms with Crippen molar-refractivity contribution in [1.82, 2.24) is 4.90 Å². The van der Waals surface area contributed by atoms with Gasteiger partial charge in [-0.15, -0.1) is 0 Å². The SMILES string of the molecule is COc1cccc(C(c2ccccc2C)N2CCCCC2C(=O)O)c1OC. The Labute approximate surface area is 160 Å². The number of hydrogen-bond acceptors (Lipinski definition) is 4. The van der Waals surface area contributed by atoms with Gasteiger partial charge in [-0.2, -0.15) is 0 Å². The van der Waals surface area contributed by atoms with Crippen molar-refractivity contribution in [2.45, 2.75) is 38.3 Å². The van der Waals surface area contributed by atoms with E-state index in [0.717, 1.165) is 36.1 Å². The van der Waals surface area contributed by atoms with Crippen LogP contribution in [0.5, 0.6) is 11.5 Å². The molecule has 1 N–H and O–H groups in total. The van der Waals surface area contributed by atoms with Crippen LogP contribution in [0, 0.1) is 6.92 Å². The first-order valence-corrected chi connectivity index (χ1v) is 9.33. The van der Waals surface area contributed by atoms with Gasteiger partial charge in [0, 0.05) is 5.56 Å². The molecule has 0 aliphatic carbocycles. The van der Waals surface area contributed by atoms with E-state index in [1.807, 2.05) is 30.3 Å². The van der Waals surface area contributed by atoms with Gasteiger partial charge < -0.3 is 14.6 Å². The fraction of sp³-hybridized carbons (Fsp3) is 0.409. The molecule has 2 aromatic carbocycles. The lowest BCUT2D eigenvalue weighted by Gasteiger charge is -2.40. The Hall–Kier alpha value is -2.53. The van der Waals surface area contributed by atoms with E-state index in [4.69, 9.17) is 9.47 Å². The van der Waals surface area contributed by atoms with E-state index in [1.54, 1.807) is 14.2 Å². The van der Waals surface area contributed by atoms with Crippen LogP contribution >= 0.6 is 0 Å². The van der Waals surface area contributed by atoms with Gasteiger partial charge in [-0.05, 0) is 43.5 Å². The van der Waals surface area contributed by atoms with Crippen LogP contribution in [0.15, 0.2) is 42.5 Å². The Morgan fingerprint density at radius 1 is 1.07 bits per heavy atom. The standard InChI is InChI=1S/C22H27NO4/c1-15-9-4-5-10-16(15)20(23-14-7-6-12-18(23)22(24)25)17-11-8-13-19(26-2)21(17)27-3/h4-5,8-11,13,18,20H,6-7,12,14H2,1-3H3,(H,24,25). The first-order chi connectivity index (χ1) is 13.1. The number of carbonyl (C=O) groups is 1. The van der Waals surface area contributed by atoms with Gasteiger partial charge in [0.2, 0.25) is 0 Å². The number of likely N-dealkylation sites (tertiary alicyclic amines) is 1. The van der Waals surface area contributed by atoms with Crippen LogP contribution in [-0.2, 0) is 4.79 Å². The predicted molar refractivity (Wildman–Crippen MR) is 105 cm³/mol. The second-order valence-electron chi connectivity index (χ2n) is 6.93. The highest BCUT2D eigenvalue weighted by molar-refractivity contribution is 5.74. The number of piperidine rings is 1. The van der Waals surface area contributed by atoms with Crippen LogP contribution in [0.1, 0.15) is 42.0 Å². The number of rotatable bonds is 6. The van der Waals surface area contributed by atoms with Gasteiger partial charge in [0.15, 0.2) is 11.5 Å². The molecule has 2 atom stereocenters. The van der Waals surface area contributed by atoms with E-state index in [0.29, 0.717) is 17.9 Å². The second-order valence-corrected chi connectivity index (χ2v) is 6.93. The molecule has 0 saturated carbocycles. The molecule has 27 heavy (non-hydrogen) atoms. The van der Waals surface area contributed by atoms with Gasteiger partial charge in [-0.25, -0.2) is 0 Å². The maximum Gasteiger partial charge on any atom is 0.320 e. The molecular formula is C22H27NO4. The Balaban J connectivity index is 2.20. The summed E-state index contributed by atoms with van der Waals surface area (Å²) in [6.45, 7) is 2.80. The van der Waals surface area contributed by atoms with Crippen LogP contribution < -0.4 is 9.47 Å². The molecule has 0 spiro atoms. The second kappa shape index (κ2) is 8.44. The van der Waals surface area contributed by atoms with Crippen molar-refractivity contribution in [3.05, 3.63) is 59.2 Å². The summed E-state index contributed by atoms with van der Waals surface area (Å²) in [5.41, 5.74) is 3.15. The molecule has 2 aromatic rings. The molecule has 144 valence electrons. The molecule has 0 bridgehead atoms.